The lowest BCUT2D eigenvalue weighted by atomic mass is 9.87. The van der Waals surface area contributed by atoms with Gasteiger partial charge in [-0.1, -0.05) is 65.2 Å². The molecule has 1 aliphatic rings. The van der Waals surface area contributed by atoms with Crippen molar-refractivity contribution in [2.24, 2.45) is 5.41 Å². The number of carboxylic acids is 1. The zero-order chi connectivity index (χ0) is 34.9. The Kier molecular flexibility index (Phi) is 13.2. The van der Waals surface area contributed by atoms with Crippen molar-refractivity contribution in [3.63, 3.8) is 0 Å². The van der Waals surface area contributed by atoms with Crippen molar-refractivity contribution in [3.05, 3.63) is 36.0 Å². The number of hydrogen-bond donors (Lipinski definition) is 4. The van der Waals surface area contributed by atoms with Crippen molar-refractivity contribution < 1.29 is 38.6 Å². The third-order valence-electron chi connectivity index (χ3n) is 8.27. The second-order valence-corrected chi connectivity index (χ2v) is 13.6. The number of benzene rings is 1. The van der Waals surface area contributed by atoms with Crippen LogP contribution in [0.3, 0.4) is 0 Å². The molecule has 1 aromatic heterocycles. The first-order valence-corrected chi connectivity index (χ1v) is 16.3. The molecule has 0 bridgehead atoms. The smallest absolute Gasteiger partial charge is 0.418 e. The highest BCUT2D eigenvalue weighted by atomic mass is 16.5. The summed E-state index contributed by atoms with van der Waals surface area (Å²) in [6, 6.07) is 2.87. The van der Waals surface area contributed by atoms with Crippen molar-refractivity contribution in [2.75, 3.05) is 20.3 Å². The molecule has 1 aromatic carbocycles. The number of ether oxygens (including phenoxy) is 2. The zero-order valence-electron chi connectivity index (χ0n) is 28.6. The van der Waals surface area contributed by atoms with Crippen LogP contribution in [-0.4, -0.2) is 95.0 Å². The van der Waals surface area contributed by atoms with Crippen LogP contribution >= 0.6 is 0 Å². The van der Waals surface area contributed by atoms with Crippen molar-refractivity contribution in [1.29, 1.82) is 0 Å². The number of aliphatic carboxylic acids is 1. The minimum Gasteiger partial charge on any atom is -0.480 e. The van der Waals surface area contributed by atoms with Gasteiger partial charge in [-0.2, -0.15) is 0 Å². The van der Waals surface area contributed by atoms with Crippen LogP contribution in [0, 0.1) is 5.41 Å². The van der Waals surface area contributed by atoms with E-state index >= 15 is 0 Å². The Bertz CT molecular complexity index is 1410. The number of carbonyl (C=O) groups excluding carboxylic acids is 4. The molecule has 0 saturated carbocycles. The van der Waals surface area contributed by atoms with E-state index in [1.165, 1.54) is 11.7 Å². The van der Waals surface area contributed by atoms with Crippen molar-refractivity contribution in [1.82, 2.24) is 25.4 Å². The van der Waals surface area contributed by atoms with Gasteiger partial charge in [0.05, 0.1) is 37.9 Å². The molecular formula is C34H51N5O8. The SMILES string of the molecule is CCCCC[C@@H](NC(=O)[C@@H](Cc1cn(C(=O)OC)c2ccccc12)NC(=O)[C@H](CC(C)(C)C)NC(=O)N1[C@H](C)COC[C@@H]1C)C(=O)O. The van der Waals surface area contributed by atoms with Crippen LogP contribution in [0.25, 0.3) is 10.9 Å². The van der Waals surface area contributed by atoms with Gasteiger partial charge in [-0.15, -0.1) is 0 Å². The summed E-state index contributed by atoms with van der Waals surface area (Å²) in [5, 5.41) is 18.9. The van der Waals surface area contributed by atoms with E-state index in [4.69, 9.17) is 9.47 Å². The fourth-order valence-corrected chi connectivity index (χ4v) is 5.94. The molecule has 2 aromatic rings. The monoisotopic (exact) mass is 657 g/mol. The molecule has 4 N–H and O–H groups in total. The molecule has 3 rings (SSSR count). The summed E-state index contributed by atoms with van der Waals surface area (Å²) in [5.41, 5.74) is 0.739. The number of fused-ring (bicyclic) bond motifs is 1. The van der Waals surface area contributed by atoms with Crippen LogP contribution < -0.4 is 16.0 Å². The van der Waals surface area contributed by atoms with Gasteiger partial charge in [-0.3, -0.25) is 14.2 Å². The molecule has 1 aliphatic heterocycles. The van der Waals surface area contributed by atoms with Gasteiger partial charge >= 0.3 is 18.1 Å². The van der Waals surface area contributed by atoms with Crippen molar-refractivity contribution in [2.45, 2.75) is 110 Å². The van der Waals surface area contributed by atoms with E-state index in [2.05, 4.69) is 16.0 Å². The zero-order valence-corrected chi connectivity index (χ0v) is 28.6. The molecule has 47 heavy (non-hydrogen) atoms. The van der Waals surface area contributed by atoms with Crippen LogP contribution in [-0.2, 0) is 30.3 Å². The van der Waals surface area contributed by atoms with E-state index in [-0.39, 0.29) is 36.8 Å². The highest BCUT2D eigenvalue weighted by Gasteiger charge is 2.36. The molecule has 0 radical (unpaired) electrons. The number of nitrogens with one attached hydrogen (secondary N) is 3. The molecule has 13 nitrogen and oxygen atoms in total. The number of para-hydroxylation sites is 1. The van der Waals surface area contributed by atoms with Gasteiger partial charge in [0, 0.05) is 18.0 Å². The van der Waals surface area contributed by atoms with E-state index in [1.54, 1.807) is 35.4 Å². The molecule has 260 valence electrons. The van der Waals surface area contributed by atoms with Gasteiger partial charge in [0.15, 0.2) is 0 Å². The number of hydrogen-bond acceptors (Lipinski definition) is 7. The maximum absolute atomic E-state index is 14.0. The quantitative estimate of drug-likeness (QED) is 0.234. The predicted octanol–water partition coefficient (Wildman–Crippen LogP) is 4.06. The Balaban J connectivity index is 1.96. The number of carboxylic acid groups (broad SMARTS) is 1. The van der Waals surface area contributed by atoms with E-state index in [1.807, 2.05) is 41.5 Å². The molecular weight excluding hydrogens is 606 g/mol. The molecule has 5 atom stereocenters. The first-order chi connectivity index (χ1) is 22.2. The van der Waals surface area contributed by atoms with Crippen molar-refractivity contribution in [3.8, 4) is 0 Å². The number of nitrogens with zero attached hydrogens (tertiary/aromatic N) is 2. The summed E-state index contributed by atoms with van der Waals surface area (Å²) in [6.45, 7) is 12.3. The fourth-order valence-electron chi connectivity index (χ4n) is 5.94. The highest BCUT2D eigenvalue weighted by Crippen LogP contribution is 2.25. The topological polar surface area (TPSA) is 168 Å². The molecule has 1 saturated heterocycles. The summed E-state index contributed by atoms with van der Waals surface area (Å²) >= 11 is 0. The Hall–Kier alpha value is -4.13. The van der Waals surface area contributed by atoms with Gasteiger partial charge in [0.1, 0.15) is 18.1 Å². The van der Waals surface area contributed by atoms with Gasteiger partial charge in [-0.05, 0) is 43.7 Å². The van der Waals surface area contributed by atoms with Gasteiger partial charge < -0.3 is 35.4 Å². The minimum atomic E-state index is -1.23. The summed E-state index contributed by atoms with van der Waals surface area (Å²) in [6.07, 6.45) is 3.66. The Morgan fingerprint density at radius 3 is 2.17 bits per heavy atom. The maximum Gasteiger partial charge on any atom is 0.418 e. The van der Waals surface area contributed by atoms with E-state index in [9.17, 15) is 29.1 Å². The van der Waals surface area contributed by atoms with Crippen LogP contribution in [0.15, 0.2) is 30.5 Å². The van der Waals surface area contributed by atoms with Crippen LogP contribution in [0.4, 0.5) is 9.59 Å². The number of aromatic nitrogens is 1. The molecule has 4 amide bonds. The second kappa shape index (κ2) is 16.6. The first kappa shape index (κ1) is 37.3. The molecule has 0 aliphatic carbocycles. The van der Waals surface area contributed by atoms with Gasteiger partial charge in [-0.25, -0.2) is 14.4 Å². The normalized spacial score (nSPS) is 18.6. The number of methoxy groups -OCH3 is 1. The van der Waals surface area contributed by atoms with E-state index < -0.39 is 48.0 Å². The maximum atomic E-state index is 14.0. The van der Waals surface area contributed by atoms with Gasteiger partial charge in [0.25, 0.3) is 0 Å². The third kappa shape index (κ3) is 10.2. The third-order valence-corrected chi connectivity index (χ3v) is 8.27. The Morgan fingerprint density at radius 1 is 0.957 bits per heavy atom. The average Bonchev–Trinajstić information content (AvgIpc) is 3.37. The van der Waals surface area contributed by atoms with Crippen LogP contribution in [0.5, 0.6) is 0 Å². The molecule has 0 unspecified atom stereocenters. The summed E-state index contributed by atoms with van der Waals surface area (Å²) in [4.78, 5) is 67.7. The van der Waals surface area contributed by atoms with Crippen LogP contribution in [0.2, 0.25) is 0 Å². The number of amides is 4. The van der Waals surface area contributed by atoms with Crippen LogP contribution in [0.1, 0.15) is 79.2 Å². The molecule has 2 heterocycles. The number of urea groups is 1. The lowest BCUT2D eigenvalue weighted by Gasteiger charge is -2.39. The lowest BCUT2D eigenvalue weighted by Crippen LogP contribution is -2.61. The fraction of sp³-hybridized carbons (Fsp3) is 0.618. The predicted molar refractivity (Wildman–Crippen MR) is 177 cm³/mol. The Morgan fingerprint density at radius 2 is 1.57 bits per heavy atom. The summed E-state index contributed by atoms with van der Waals surface area (Å²) < 4.78 is 11.8. The molecule has 0 spiro atoms. The largest absolute Gasteiger partial charge is 0.480 e. The standard InChI is InChI=1S/C34H51N5O8/c1-8-9-10-14-25(31(42)43)35-29(40)26(16-23-18-38(33(45)46-7)28-15-12-11-13-24(23)28)36-30(41)27(17-34(4,5)6)37-32(44)39-21(2)19-47-20-22(39)3/h11-13,15,18,21-22,25-27H,8-10,14,16-17,19-20H2,1-7H3,(H,35,40)(H,36,41)(H,37,44)(H,42,43)/t21-,22+,25-,26-,27+/m1/s1. The first-order valence-electron chi connectivity index (χ1n) is 16.3. The Labute approximate surface area is 276 Å². The lowest BCUT2D eigenvalue weighted by molar-refractivity contribution is -0.142. The summed E-state index contributed by atoms with van der Waals surface area (Å²) in [7, 11) is 1.26. The highest BCUT2D eigenvalue weighted by molar-refractivity contribution is 5.95. The minimum absolute atomic E-state index is 0.0584. The number of unbranched alkanes of at least 4 members (excludes halogenated alkanes) is 2. The number of carbonyl (C=O) groups is 5. The molecule has 13 heteroatoms. The average molecular weight is 658 g/mol. The molecule has 1 fully saturated rings. The van der Waals surface area contributed by atoms with E-state index in [0.29, 0.717) is 36.1 Å². The van der Waals surface area contributed by atoms with E-state index in [0.717, 1.165) is 12.8 Å². The van der Waals surface area contributed by atoms with Gasteiger partial charge in [0.2, 0.25) is 11.8 Å². The number of rotatable bonds is 13. The number of morpholine rings is 1. The summed E-state index contributed by atoms with van der Waals surface area (Å²) in [5.74, 6) is -2.45. The second-order valence-electron chi connectivity index (χ2n) is 13.6. The van der Waals surface area contributed by atoms with Crippen molar-refractivity contribution >= 4 is 40.8 Å².